The highest BCUT2D eigenvalue weighted by atomic mass is 16.7. The molecule has 0 aromatic carbocycles. The van der Waals surface area contributed by atoms with E-state index in [0.717, 1.165) is 12.8 Å². The fraction of sp³-hybridized carbons (Fsp3) is 0.833. The van der Waals surface area contributed by atoms with Crippen LogP contribution in [0.5, 0.6) is 0 Å². The van der Waals surface area contributed by atoms with E-state index in [2.05, 4.69) is 0 Å². The summed E-state index contributed by atoms with van der Waals surface area (Å²) in [6.45, 7) is 3.21. The average Bonchev–Trinajstić information content (AvgIpc) is 2.36. The van der Waals surface area contributed by atoms with Crippen molar-refractivity contribution in [3.63, 3.8) is 0 Å². The Balaban J connectivity index is 2.78. The first-order chi connectivity index (χ1) is 8.42. The van der Waals surface area contributed by atoms with E-state index in [0.29, 0.717) is 12.8 Å². The molecule has 104 valence electrons. The maximum atomic E-state index is 11.1. The summed E-state index contributed by atoms with van der Waals surface area (Å²) >= 11 is 0. The van der Waals surface area contributed by atoms with Gasteiger partial charge in [0.25, 0.3) is 0 Å². The number of hydrogen-bond donors (Lipinski definition) is 2. The molecule has 1 heterocycles. The summed E-state index contributed by atoms with van der Waals surface area (Å²) in [5.41, 5.74) is -1.98. The van der Waals surface area contributed by atoms with Crippen LogP contribution in [-0.2, 0) is 19.1 Å². The molecule has 0 spiro atoms. The Morgan fingerprint density at radius 1 is 1.11 bits per heavy atom. The van der Waals surface area contributed by atoms with E-state index in [-0.39, 0.29) is 13.2 Å². The Bertz CT molecular complexity index is 301. The van der Waals surface area contributed by atoms with Gasteiger partial charge >= 0.3 is 11.9 Å². The van der Waals surface area contributed by atoms with Gasteiger partial charge in [0.15, 0.2) is 5.79 Å². The van der Waals surface area contributed by atoms with Crippen LogP contribution in [-0.4, -0.2) is 41.2 Å². The van der Waals surface area contributed by atoms with Gasteiger partial charge in [-0.15, -0.1) is 0 Å². The van der Waals surface area contributed by atoms with Crippen LogP contribution in [0, 0.1) is 5.41 Å². The molecule has 6 heteroatoms. The minimum Gasteiger partial charge on any atom is -0.480 e. The maximum absolute atomic E-state index is 11.1. The fourth-order valence-electron chi connectivity index (χ4n) is 1.90. The van der Waals surface area contributed by atoms with E-state index in [1.54, 1.807) is 0 Å². The molecular formula is C12H20O6. The van der Waals surface area contributed by atoms with Crippen LogP contribution in [0.1, 0.15) is 39.5 Å². The van der Waals surface area contributed by atoms with Crippen molar-refractivity contribution >= 4 is 11.9 Å². The van der Waals surface area contributed by atoms with Crippen LogP contribution < -0.4 is 0 Å². The molecule has 1 fully saturated rings. The second-order valence-corrected chi connectivity index (χ2v) is 4.64. The topological polar surface area (TPSA) is 93.1 Å². The molecule has 18 heavy (non-hydrogen) atoms. The van der Waals surface area contributed by atoms with Gasteiger partial charge < -0.3 is 19.7 Å². The minimum absolute atomic E-state index is 0.352. The summed E-state index contributed by atoms with van der Waals surface area (Å²) in [7, 11) is 0. The smallest absolute Gasteiger partial charge is 0.325 e. The second kappa shape index (κ2) is 5.67. The highest BCUT2D eigenvalue weighted by molar-refractivity contribution is 5.98. The van der Waals surface area contributed by atoms with Crippen LogP contribution in [0.3, 0.4) is 0 Å². The standard InChI is InChI=1S/C12H20O6/c1-3-5-6-12(4-2)17-7-11(8-18-12,9(13)14)10(15)16/h3-8H2,1-2H3,(H,13,14)(H,15,16). The van der Waals surface area contributed by atoms with Crippen LogP contribution in [0.15, 0.2) is 0 Å². The van der Waals surface area contributed by atoms with Gasteiger partial charge in [-0.3, -0.25) is 9.59 Å². The third-order valence-electron chi connectivity index (χ3n) is 3.43. The molecule has 0 bridgehead atoms. The number of unbranched alkanes of at least 4 members (excludes halogenated alkanes) is 1. The molecule has 0 amide bonds. The van der Waals surface area contributed by atoms with Gasteiger partial charge in [-0.2, -0.15) is 0 Å². The van der Waals surface area contributed by atoms with E-state index in [9.17, 15) is 9.59 Å². The Morgan fingerprint density at radius 3 is 1.94 bits per heavy atom. The van der Waals surface area contributed by atoms with Crippen molar-refractivity contribution in [2.24, 2.45) is 5.41 Å². The lowest BCUT2D eigenvalue weighted by Crippen LogP contribution is -2.56. The summed E-state index contributed by atoms with van der Waals surface area (Å²) in [6.07, 6.45) is 3.08. The van der Waals surface area contributed by atoms with Crippen molar-refractivity contribution in [1.82, 2.24) is 0 Å². The first-order valence-electron chi connectivity index (χ1n) is 6.17. The van der Waals surface area contributed by atoms with Gasteiger partial charge in [-0.25, -0.2) is 0 Å². The zero-order chi connectivity index (χ0) is 13.8. The van der Waals surface area contributed by atoms with Crippen molar-refractivity contribution < 1.29 is 29.3 Å². The highest BCUT2D eigenvalue weighted by Crippen LogP contribution is 2.35. The first kappa shape index (κ1) is 14.9. The fourth-order valence-corrected chi connectivity index (χ4v) is 1.90. The molecule has 2 N–H and O–H groups in total. The lowest BCUT2D eigenvalue weighted by molar-refractivity contribution is -0.302. The summed E-state index contributed by atoms with van der Waals surface area (Å²) in [6, 6.07) is 0. The van der Waals surface area contributed by atoms with Crippen molar-refractivity contribution in [2.75, 3.05) is 13.2 Å². The Morgan fingerprint density at radius 2 is 1.61 bits per heavy atom. The van der Waals surface area contributed by atoms with Gasteiger partial charge in [0, 0.05) is 6.42 Å². The molecule has 1 saturated heterocycles. The molecule has 0 aliphatic carbocycles. The first-order valence-corrected chi connectivity index (χ1v) is 6.17. The number of aliphatic carboxylic acids is 2. The third-order valence-corrected chi connectivity index (χ3v) is 3.43. The van der Waals surface area contributed by atoms with E-state index >= 15 is 0 Å². The minimum atomic E-state index is -1.98. The van der Waals surface area contributed by atoms with Gasteiger partial charge in [-0.05, 0) is 12.8 Å². The predicted molar refractivity (Wildman–Crippen MR) is 62.2 cm³/mol. The molecule has 1 aliphatic rings. The third kappa shape index (κ3) is 2.64. The highest BCUT2D eigenvalue weighted by Gasteiger charge is 2.54. The van der Waals surface area contributed by atoms with Crippen LogP contribution in [0.2, 0.25) is 0 Å². The maximum Gasteiger partial charge on any atom is 0.325 e. The molecule has 1 rings (SSSR count). The molecule has 0 radical (unpaired) electrons. The van der Waals surface area contributed by atoms with E-state index < -0.39 is 23.1 Å². The molecule has 0 aromatic rings. The largest absolute Gasteiger partial charge is 0.480 e. The SMILES string of the molecule is CCCCC1(CC)OCC(C(=O)O)(C(=O)O)CO1. The van der Waals surface area contributed by atoms with Crippen LogP contribution >= 0.6 is 0 Å². The van der Waals surface area contributed by atoms with Gasteiger partial charge in [0.05, 0.1) is 13.2 Å². The molecule has 0 unspecified atom stereocenters. The summed E-state index contributed by atoms with van der Waals surface area (Å²) < 4.78 is 10.9. The van der Waals surface area contributed by atoms with Gasteiger partial charge in [0.2, 0.25) is 5.41 Å². The van der Waals surface area contributed by atoms with Crippen molar-refractivity contribution in [3.05, 3.63) is 0 Å². The molecule has 0 saturated carbocycles. The number of ether oxygens (including phenoxy) is 2. The number of carbonyl (C=O) groups is 2. The zero-order valence-electron chi connectivity index (χ0n) is 10.8. The lowest BCUT2D eigenvalue weighted by atomic mass is 9.88. The molecule has 0 aromatic heterocycles. The quantitative estimate of drug-likeness (QED) is 0.703. The van der Waals surface area contributed by atoms with E-state index in [4.69, 9.17) is 19.7 Å². The summed E-state index contributed by atoms with van der Waals surface area (Å²) in [4.78, 5) is 22.2. The van der Waals surface area contributed by atoms with Crippen molar-refractivity contribution in [3.8, 4) is 0 Å². The lowest BCUT2D eigenvalue weighted by Gasteiger charge is -2.42. The number of carboxylic acid groups (broad SMARTS) is 2. The van der Waals surface area contributed by atoms with Crippen LogP contribution in [0.4, 0.5) is 0 Å². The summed E-state index contributed by atoms with van der Waals surface area (Å²) in [5, 5.41) is 18.1. The number of rotatable bonds is 6. The van der Waals surface area contributed by atoms with E-state index in [1.165, 1.54) is 0 Å². The zero-order valence-corrected chi connectivity index (χ0v) is 10.8. The summed E-state index contributed by atoms with van der Waals surface area (Å²) in [5.74, 6) is -3.67. The normalized spacial score (nSPS) is 21.4. The number of hydrogen-bond acceptors (Lipinski definition) is 4. The molecule has 6 nitrogen and oxygen atoms in total. The van der Waals surface area contributed by atoms with Crippen molar-refractivity contribution in [2.45, 2.75) is 45.3 Å². The monoisotopic (exact) mass is 260 g/mol. The Labute approximate surface area is 106 Å². The Kier molecular flexibility index (Phi) is 4.70. The molecular weight excluding hydrogens is 240 g/mol. The van der Waals surface area contributed by atoms with Crippen LogP contribution in [0.25, 0.3) is 0 Å². The van der Waals surface area contributed by atoms with Gasteiger partial charge in [-0.1, -0.05) is 20.3 Å². The average molecular weight is 260 g/mol. The Hall–Kier alpha value is -1.14. The second-order valence-electron chi connectivity index (χ2n) is 4.64. The van der Waals surface area contributed by atoms with E-state index in [1.807, 2.05) is 13.8 Å². The number of carboxylic acids is 2. The predicted octanol–water partition coefficient (Wildman–Crippen LogP) is 1.49. The van der Waals surface area contributed by atoms with Gasteiger partial charge in [0.1, 0.15) is 0 Å². The molecule has 0 atom stereocenters. The molecule has 1 aliphatic heterocycles. The van der Waals surface area contributed by atoms with Crippen molar-refractivity contribution in [1.29, 1.82) is 0 Å².